The number of thiophene rings is 1. The molecule has 0 spiro atoms. The Balaban J connectivity index is 1.70. The fourth-order valence-electron chi connectivity index (χ4n) is 5.69. The number of hydrogen-bond donors (Lipinski definition) is 0. The van der Waals surface area contributed by atoms with E-state index in [2.05, 4.69) is 120 Å². The average Bonchev–Trinajstić information content (AvgIpc) is 3.43. The third-order valence-corrected chi connectivity index (χ3v) is 8.32. The van der Waals surface area contributed by atoms with Gasteiger partial charge >= 0.3 is 0 Å². The Morgan fingerprint density at radius 3 is 1.91 bits per heavy atom. The summed E-state index contributed by atoms with van der Waals surface area (Å²) in [5, 5.41) is 10.5. The van der Waals surface area contributed by atoms with Crippen LogP contribution in [0.3, 0.4) is 0 Å². The lowest BCUT2D eigenvalue weighted by atomic mass is 9.98. The molecule has 0 aliphatic rings. The van der Waals surface area contributed by atoms with Crippen LogP contribution in [0.1, 0.15) is 0 Å². The van der Waals surface area contributed by atoms with Crippen molar-refractivity contribution in [2.24, 2.45) is 0 Å². The molecule has 0 saturated carbocycles. The molecule has 2 aromatic heterocycles. The minimum absolute atomic E-state index is 1.21. The number of aromatic nitrogens is 1. The number of fused-ring (bicyclic) bond motifs is 11. The molecule has 0 aliphatic carbocycles. The van der Waals surface area contributed by atoms with Crippen LogP contribution in [0.25, 0.3) is 69.2 Å². The molecule has 34 heavy (non-hydrogen) atoms. The van der Waals surface area contributed by atoms with Crippen LogP contribution in [0.2, 0.25) is 0 Å². The Labute approximate surface area is 200 Å². The summed E-state index contributed by atoms with van der Waals surface area (Å²) in [4.78, 5) is 0. The van der Waals surface area contributed by atoms with Gasteiger partial charge in [-0.05, 0) is 45.1 Å². The molecule has 0 N–H and O–H groups in total. The van der Waals surface area contributed by atoms with Gasteiger partial charge in [0, 0.05) is 26.5 Å². The highest BCUT2D eigenvalue weighted by atomic mass is 32.1. The summed E-state index contributed by atoms with van der Waals surface area (Å²) in [7, 11) is 0. The first-order valence-electron chi connectivity index (χ1n) is 11.6. The number of rotatable bonds is 1. The molecule has 0 atom stereocenters. The molecule has 0 radical (unpaired) electrons. The molecular weight excluding hydrogens is 430 g/mol. The maximum Gasteiger partial charge on any atom is 0.0728 e. The predicted octanol–water partition coefficient (Wildman–Crippen LogP) is 9.46. The van der Waals surface area contributed by atoms with Crippen LogP contribution < -0.4 is 0 Å². The largest absolute Gasteiger partial charge is 0.307 e. The second kappa shape index (κ2) is 6.69. The highest BCUT2D eigenvalue weighted by molar-refractivity contribution is 7.26. The molecule has 0 aliphatic heterocycles. The van der Waals surface area contributed by atoms with Crippen LogP contribution in [0.15, 0.2) is 115 Å². The van der Waals surface area contributed by atoms with Crippen molar-refractivity contribution in [1.82, 2.24) is 4.57 Å². The van der Waals surface area contributed by atoms with Crippen LogP contribution in [0, 0.1) is 0 Å². The molecule has 0 bridgehead atoms. The molecule has 158 valence electrons. The fraction of sp³-hybridized carbons (Fsp3) is 0. The van der Waals surface area contributed by atoms with Crippen molar-refractivity contribution in [2.75, 3.05) is 0 Å². The summed E-state index contributed by atoms with van der Waals surface area (Å²) in [5.74, 6) is 0. The monoisotopic (exact) mass is 449 g/mol. The van der Waals surface area contributed by atoms with Crippen LogP contribution in [0.5, 0.6) is 0 Å². The molecule has 2 heteroatoms. The van der Waals surface area contributed by atoms with Crippen LogP contribution in [0.4, 0.5) is 0 Å². The highest BCUT2D eigenvalue weighted by Crippen LogP contribution is 2.47. The van der Waals surface area contributed by atoms with Crippen LogP contribution in [-0.2, 0) is 0 Å². The van der Waals surface area contributed by atoms with Gasteiger partial charge in [-0.2, -0.15) is 0 Å². The van der Waals surface area contributed by atoms with Crippen LogP contribution in [-0.4, -0.2) is 4.57 Å². The van der Waals surface area contributed by atoms with Gasteiger partial charge in [-0.25, -0.2) is 0 Å². The maximum absolute atomic E-state index is 2.52. The lowest BCUT2D eigenvalue weighted by Crippen LogP contribution is -1.95. The zero-order chi connectivity index (χ0) is 22.2. The van der Waals surface area contributed by atoms with Gasteiger partial charge in [-0.15, -0.1) is 11.3 Å². The summed E-state index contributed by atoms with van der Waals surface area (Å²) in [6, 6.07) is 42.1. The molecule has 0 saturated heterocycles. The van der Waals surface area contributed by atoms with E-state index in [4.69, 9.17) is 0 Å². The number of hydrogen-bond acceptors (Lipinski definition) is 1. The fourth-order valence-corrected chi connectivity index (χ4v) is 6.94. The lowest BCUT2D eigenvalue weighted by molar-refractivity contribution is 1.20. The van der Waals surface area contributed by atoms with Crippen molar-refractivity contribution in [3.8, 4) is 5.69 Å². The molecular formula is C32H19NS. The average molecular weight is 450 g/mol. The first-order valence-corrected chi connectivity index (χ1v) is 12.4. The summed E-state index contributed by atoms with van der Waals surface area (Å²) in [6.07, 6.45) is 0. The zero-order valence-electron chi connectivity index (χ0n) is 18.3. The quantitative estimate of drug-likeness (QED) is 0.220. The third kappa shape index (κ3) is 2.33. The van der Waals surface area contributed by atoms with Gasteiger partial charge in [0.05, 0.1) is 15.7 Å². The van der Waals surface area contributed by atoms with Crippen LogP contribution >= 0.6 is 11.3 Å². The molecule has 0 unspecified atom stereocenters. The van der Waals surface area contributed by atoms with Gasteiger partial charge in [-0.1, -0.05) is 97.1 Å². The smallest absolute Gasteiger partial charge is 0.0728 e. The van der Waals surface area contributed by atoms with Crippen molar-refractivity contribution < 1.29 is 0 Å². The van der Waals surface area contributed by atoms with E-state index in [0.717, 1.165) is 0 Å². The topological polar surface area (TPSA) is 4.93 Å². The Bertz CT molecular complexity index is 2070. The van der Waals surface area contributed by atoms with Crippen molar-refractivity contribution in [1.29, 1.82) is 0 Å². The highest BCUT2D eigenvalue weighted by Gasteiger charge is 2.22. The van der Waals surface area contributed by atoms with Crippen molar-refractivity contribution in [3.63, 3.8) is 0 Å². The second-order valence-electron chi connectivity index (χ2n) is 8.96. The van der Waals surface area contributed by atoms with Gasteiger partial charge in [0.25, 0.3) is 0 Å². The summed E-state index contributed by atoms with van der Waals surface area (Å²) >= 11 is 1.91. The van der Waals surface area contributed by atoms with E-state index in [-0.39, 0.29) is 0 Å². The first kappa shape index (κ1) is 18.3. The molecule has 8 aromatic rings. The Morgan fingerprint density at radius 1 is 0.471 bits per heavy atom. The second-order valence-corrected chi connectivity index (χ2v) is 10.0. The minimum Gasteiger partial charge on any atom is -0.307 e. The normalized spacial score (nSPS) is 12.1. The maximum atomic E-state index is 2.52. The van der Waals surface area contributed by atoms with Gasteiger partial charge in [0.2, 0.25) is 0 Å². The van der Waals surface area contributed by atoms with Gasteiger partial charge in [0.1, 0.15) is 0 Å². The Hall–Kier alpha value is -4.14. The third-order valence-electron chi connectivity index (χ3n) is 7.14. The molecule has 2 heterocycles. The lowest BCUT2D eigenvalue weighted by Gasteiger charge is -2.13. The summed E-state index contributed by atoms with van der Waals surface area (Å²) in [6.45, 7) is 0. The van der Waals surface area contributed by atoms with E-state index in [1.54, 1.807) is 0 Å². The summed E-state index contributed by atoms with van der Waals surface area (Å²) < 4.78 is 5.22. The van der Waals surface area contributed by atoms with Gasteiger partial charge in [-0.3, -0.25) is 0 Å². The van der Waals surface area contributed by atoms with E-state index in [9.17, 15) is 0 Å². The van der Waals surface area contributed by atoms with E-state index >= 15 is 0 Å². The Kier molecular flexibility index (Phi) is 3.60. The molecule has 1 nitrogen and oxygen atoms in total. The molecule has 0 fully saturated rings. The Morgan fingerprint density at radius 2 is 1.09 bits per heavy atom. The van der Waals surface area contributed by atoms with E-state index in [0.29, 0.717) is 0 Å². The molecule has 0 amide bonds. The first-order chi connectivity index (χ1) is 16.9. The van der Waals surface area contributed by atoms with E-state index in [1.807, 2.05) is 11.3 Å². The zero-order valence-corrected chi connectivity index (χ0v) is 19.1. The molecule has 8 rings (SSSR count). The minimum atomic E-state index is 1.21. The van der Waals surface area contributed by atoms with E-state index in [1.165, 1.54) is 69.2 Å². The van der Waals surface area contributed by atoms with Crippen molar-refractivity contribution in [3.05, 3.63) is 115 Å². The SMILES string of the molecule is c1ccc2cc(-n3c4c5ccccc5sc4c4c5ccccc5c5ccccc5c43)ccc2c1. The summed E-state index contributed by atoms with van der Waals surface area (Å²) in [5.41, 5.74) is 3.83. The molecule has 6 aromatic carbocycles. The number of nitrogens with zero attached hydrogens (tertiary/aromatic N) is 1. The standard InChI is InChI=1S/C32H19NS/c1-2-10-21-19-22(18-17-20(21)9-1)33-30-26-14-6-4-12-24(26)23-11-3-5-13-25(23)29(30)32-31(33)27-15-7-8-16-28(27)34-32/h1-19H. The predicted molar refractivity (Wildman–Crippen MR) is 149 cm³/mol. The van der Waals surface area contributed by atoms with Gasteiger partial charge < -0.3 is 4.57 Å². The van der Waals surface area contributed by atoms with Crippen molar-refractivity contribution in [2.45, 2.75) is 0 Å². The van der Waals surface area contributed by atoms with E-state index < -0.39 is 0 Å². The number of benzene rings is 6. The van der Waals surface area contributed by atoms with Crippen molar-refractivity contribution >= 4 is 74.9 Å². The van der Waals surface area contributed by atoms with Gasteiger partial charge in [0.15, 0.2) is 0 Å².